The summed E-state index contributed by atoms with van der Waals surface area (Å²) in [5, 5.41) is 7.94. The molecular weight excluding hydrogens is 264 g/mol. The molecule has 0 bridgehead atoms. The lowest BCUT2D eigenvalue weighted by molar-refractivity contribution is 0.160. The number of nitrogens with zero attached hydrogens (tertiary/aromatic N) is 3. The van der Waals surface area contributed by atoms with Gasteiger partial charge in [0.1, 0.15) is 0 Å². The number of piperidine rings is 1. The largest absolute Gasteiger partial charge is 0.481 e. The van der Waals surface area contributed by atoms with E-state index in [1.165, 1.54) is 18.4 Å². The maximum atomic E-state index is 5.53. The van der Waals surface area contributed by atoms with Crippen molar-refractivity contribution in [3.63, 3.8) is 0 Å². The summed E-state index contributed by atoms with van der Waals surface area (Å²) in [5.41, 5.74) is 2.30. The molecule has 1 fully saturated rings. The topological polar surface area (TPSA) is 42.3 Å². The van der Waals surface area contributed by atoms with Gasteiger partial charge >= 0.3 is 0 Å². The molecule has 0 amide bonds. The fraction of sp³-hybridized carbons (Fsp3) is 0.812. The standard InChI is InChI=1S/C16H30N4O/c1-12(2)20(10-14-6-8-17-9-7-14)11-15-13(3)18-19(4)16(15)21-5/h12,14,17H,6-11H2,1-5H3. The van der Waals surface area contributed by atoms with Crippen LogP contribution in [0.15, 0.2) is 0 Å². The van der Waals surface area contributed by atoms with Crippen LogP contribution in [-0.2, 0) is 13.6 Å². The number of nitrogens with one attached hydrogen (secondary N) is 1. The minimum atomic E-state index is 0.532. The Morgan fingerprint density at radius 1 is 1.38 bits per heavy atom. The van der Waals surface area contributed by atoms with Gasteiger partial charge in [-0.25, -0.2) is 4.68 Å². The molecule has 1 N–H and O–H groups in total. The van der Waals surface area contributed by atoms with Crippen LogP contribution in [0.25, 0.3) is 0 Å². The molecule has 1 aromatic rings. The Morgan fingerprint density at radius 3 is 2.62 bits per heavy atom. The molecule has 1 saturated heterocycles. The number of aryl methyl sites for hydroxylation is 2. The van der Waals surface area contributed by atoms with Crippen LogP contribution in [0.1, 0.15) is 37.9 Å². The van der Waals surface area contributed by atoms with E-state index in [0.29, 0.717) is 6.04 Å². The van der Waals surface area contributed by atoms with Gasteiger partial charge in [0, 0.05) is 26.2 Å². The van der Waals surface area contributed by atoms with Crippen molar-refractivity contribution >= 4 is 0 Å². The number of hydrogen-bond acceptors (Lipinski definition) is 4. The third-order valence-corrected chi connectivity index (χ3v) is 4.53. The van der Waals surface area contributed by atoms with Crippen molar-refractivity contribution in [3.05, 3.63) is 11.3 Å². The Kier molecular flexibility index (Phi) is 5.65. The van der Waals surface area contributed by atoms with Gasteiger partial charge in [-0.2, -0.15) is 5.10 Å². The van der Waals surface area contributed by atoms with E-state index < -0.39 is 0 Å². The van der Waals surface area contributed by atoms with Crippen molar-refractivity contribution in [1.29, 1.82) is 0 Å². The van der Waals surface area contributed by atoms with Gasteiger partial charge in [0.15, 0.2) is 0 Å². The fourth-order valence-electron chi connectivity index (χ4n) is 3.18. The van der Waals surface area contributed by atoms with Crippen LogP contribution in [0.2, 0.25) is 0 Å². The summed E-state index contributed by atoms with van der Waals surface area (Å²) >= 11 is 0. The normalized spacial score (nSPS) is 16.9. The van der Waals surface area contributed by atoms with Gasteiger partial charge in [-0.3, -0.25) is 4.90 Å². The van der Waals surface area contributed by atoms with E-state index in [2.05, 4.69) is 36.1 Å². The van der Waals surface area contributed by atoms with Crippen LogP contribution in [0, 0.1) is 12.8 Å². The maximum absolute atomic E-state index is 5.53. The molecule has 0 radical (unpaired) electrons. The molecule has 0 spiro atoms. The summed E-state index contributed by atoms with van der Waals surface area (Å²) in [6, 6.07) is 0.532. The predicted molar refractivity (Wildman–Crippen MR) is 85.6 cm³/mol. The molecule has 2 rings (SSSR count). The molecule has 2 heterocycles. The Bertz CT molecular complexity index is 449. The lowest BCUT2D eigenvalue weighted by atomic mass is 9.96. The first-order valence-corrected chi connectivity index (χ1v) is 8.04. The number of rotatable bonds is 6. The van der Waals surface area contributed by atoms with E-state index in [-0.39, 0.29) is 0 Å². The molecule has 1 aromatic heterocycles. The summed E-state index contributed by atoms with van der Waals surface area (Å²) in [4.78, 5) is 2.56. The van der Waals surface area contributed by atoms with Crippen molar-refractivity contribution in [2.75, 3.05) is 26.7 Å². The van der Waals surface area contributed by atoms with Gasteiger partial charge in [0.2, 0.25) is 5.88 Å². The van der Waals surface area contributed by atoms with Crippen LogP contribution in [0.5, 0.6) is 5.88 Å². The smallest absolute Gasteiger partial charge is 0.216 e. The molecule has 0 saturated carbocycles. The van der Waals surface area contributed by atoms with Crippen LogP contribution < -0.4 is 10.1 Å². The SMILES string of the molecule is COc1c(CN(CC2CCNCC2)C(C)C)c(C)nn1C. The van der Waals surface area contributed by atoms with E-state index in [1.54, 1.807) is 7.11 Å². The highest BCUT2D eigenvalue weighted by atomic mass is 16.5. The second-order valence-electron chi connectivity index (χ2n) is 6.41. The quantitative estimate of drug-likeness (QED) is 0.871. The average molecular weight is 294 g/mol. The van der Waals surface area contributed by atoms with Gasteiger partial charge in [-0.1, -0.05) is 0 Å². The first-order valence-electron chi connectivity index (χ1n) is 8.04. The molecule has 5 nitrogen and oxygen atoms in total. The maximum Gasteiger partial charge on any atom is 0.216 e. The van der Waals surface area contributed by atoms with E-state index in [9.17, 15) is 0 Å². The molecule has 0 unspecified atom stereocenters. The third kappa shape index (κ3) is 3.98. The van der Waals surface area contributed by atoms with Crippen molar-refractivity contribution in [1.82, 2.24) is 20.0 Å². The zero-order valence-corrected chi connectivity index (χ0v) is 14.1. The Morgan fingerprint density at radius 2 is 2.05 bits per heavy atom. The molecule has 21 heavy (non-hydrogen) atoms. The Labute approximate surface area is 128 Å². The molecule has 1 aliphatic heterocycles. The van der Waals surface area contributed by atoms with Crippen LogP contribution in [0.3, 0.4) is 0 Å². The van der Waals surface area contributed by atoms with Gasteiger partial charge in [-0.15, -0.1) is 0 Å². The summed E-state index contributed by atoms with van der Waals surface area (Å²) in [6.45, 7) is 11.0. The molecule has 120 valence electrons. The molecule has 0 atom stereocenters. The molecule has 1 aliphatic rings. The molecule has 5 heteroatoms. The van der Waals surface area contributed by atoms with Crippen molar-refractivity contribution in [2.24, 2.45) is 13.0 Å². The summed E-state index contributed by atoms with van der Waals surface area (Å²) < 4.78 is 7.37. The van der Waals surface area contributed by atoms with Crippen LogP contribution >= 0.6 is 0 Å². The zero-order chi connectivity index (χ0) is 15.4. The predicted octanol–water partition coefficient (Wildman–Crippen LogP) is 1.95. The monoisotopic (exact) mass is 294 g/mol. The number of hydrogen-bond donors (Lipinski definition) is 1. The minimum absolute atomic E-state index is 0.532. The number of methoxy groups -OCH3 is 1. The average Bonchev–Trinajstić information content (AvgIpc) is 2.73. The van der Waals surface area contributed by atoms with E-state index in [4.69, 9.17) is 4.74 Å². The Hall–Kier alpha value is -1.07. The zero-order valence-electron chi connectivity index (χ0n) is 14.1. The number of aromatic nitrogens is 2. The first-order chi connectivity index (χ1) is 10.0. The number of ether oxygens (including phenoxy) is 1. The second kappa shape index (κ2) is 7.27. The van der Waals surface area contributed by atoms with Gasteiger partial charge in [0.05, 0.1) is 18.4 Å². The summed E-state index contributed by atoms with van der Waals surface area (Å²) in [5.74, 6) is 1.69. The summed E-state index contributed by atoms with van der Waals surface area (Å²) in [7, 11) is 3.67. The second-order valence-corrected chi connectivity index (χ2v) is 6.41. The van der Waals surface area contributed by atoms with E-state index >= 15 is 0 Å². The summed E-state index contributed by atoms with van der Waals surface area (Å²) in [6.07, 6.45) is 2.57. The Balaban J connectivity index is 2.09. The van der Waals surface area contributed by atoms with E-state index in [0.717, 1.165) is 43.7 Å². The first kappa shape index (κ1) is 16.3. The molecular formula is C16H30N4O. The minimum Gasteiger partial charge on any atom is -0.481 e. The highest BCUT2D eigenvalue weighted by Gasteiger charge is 2.22. The van der Waals surface area contributed by atoms with Crippen molar-refractivity contribution in [2.45, 2.75) is 46.2 Å². The lowest BCUT2D eigenvalue weighted by Gasteiger charge is -2.32. The fourth-order valence-corrected chi connectivity index (χ4v) is 3.18. The van der Waals surface area contributed by atoms with Crippen LogP contribution in [0.4, 0.5) is 0 Å². The molecule has 0 aromatic carbocycles. The van der Waals surface area contributed by atoms with Gasteiger partial charge in [0.25, 0.3) is 0 Å². The highest BCUT2D eigenvalue weighted by Crippen LogP contribution is 2.25. The third-order valence-electron chi connectivity index (χ3n) is 4.53. The van der Waals surface area contributed by atoms with Crippen molar-refractivity contribution < 1.29 is 4.74 Å². The molecule has 0 aliphatic carbocycles. The highest BCUT2D eigenvalue weighted by molar-refractivity contribution is 5.30. The van der Waals surface area contributed by atoms with Crippen LogP contribution in [-0.4, -0.2) is 47.5 Å². The van der Waals surface area contributed by atoms with Gasteiger partial charge in [-0.05, 0) is 52.6 Å². The lowest BCUT2D eigenvalue weighted by Crippen LogP contribution is -2.39. The van der Waals surface area contributed by atoms with Crippen molar-refractivity contribution in [3.8, 4) is 5.88 Å². The van der Waals surface area contributed by atoms with E-state index in [1.807, 2.05) is 11.7 Å². The van der Waals surface area contributed by atoms with Gasteiger partial charge < -0.3 is 10.1 Å².